The predicted octanol–water partition coefficient (Wildman–Crippen LogP) is 0.682. The van der Waals surface area contributed by atoms with Crippen LogP contribution in [0.2, 0.25) is 0 Å². The van der Waals surface area contributed by atoms with Gasteiger partial charge in [0.1, 0.15) is 22.8 Å². The van der Waals surface area contributed by atoms with Crippen LogP contribution in [0.25, 0.3) is 0 Å². The molecule has 0 aromatic carbocycles. The number of hydrogen-bond donors (Lipinski definition) is 6. The molecule has 0 radical (unpaired) electrons. The fourth-order valence-corrected chi connectivity index (χ4v) is 8.06. The van der Waals surface area contributed by atoms with Gasteiger partial charge in [0.15, 0.2) is 16.8 Å². The molecule has 0 saturated carbocycles. The van der Waals surface area contributed by atoms with Gasteiger partial charge in [0.2, 0.25) is 0 Å². The highest BCUT2D eigenvalue weighted by molar-refractivity contribution is 8.06. The number of nitrogens with zero attached hydrogens (tertiary/aromatic N) is 5. The summed E-state index contributed by atoms with van der Waals surface area (Å²) < 4.78 is 0. The minimum atomic E-state index is -1.25. The van der Waals surface area contributed by atoms with E-state index in [-0.39, 0.29) is 28.5 Å². The van der Waals surface area contributed by atoms with Gasteiger partial charge in [-0.3, -0.25) is 19.5 Å². The van der Waals surface area contributed by atoms with Crippen LogP contribution in [0.4, 0.5) is 5.13 Å². The topological polar surface area (TPSA) is 236 Å². The Labute approximate surface area is 244 Å². The molecule has 2 aromatic rings. The van der Waals surface area contributed by atoms with Crippen molar-refractivity contribution in [2.75, 3.05) is 17.2 Å². The molecular weight excluding hydrogens is 599 g/mol. The monoisotopic (exact) mass is 623 g/mol. The van der Waals surface area contributed by atoms with Crippen molar-refractivity contribution < 1.29 is 24.7 Å². The van der Waals surface area contributed by atoms with Crippen LogP contribution in [0, 0.1) is 0 Å². The number of oxime groups is 1. The number of carboxylic acids is 1. The maximum absolute atomic E-state index is 13.1. The predicted molar refractivity (Wildman–Crippen MR) is 156 cm³/mol. The van der Waals surface area contributed by atoms with E-state index in [2.05, 4.69) is 25.4 Å². The van der Waals surface area contributed by atoms with Gasteiger partial charge in [-0.1, -0.05) is 16.9 Å². The molecule has 14 nitrogen and oxygen atoms in total. The van der Waals surface area contributed by atoms with Gasteiger partial charge in [-0.05, 0) is 18.6 Å². The Morgan fingerprint density at radius 3 is 2.80 bits per heavy atom. The molecule has 1 fully saturated rings. The first-order chi connectivity index (χ1) is 19.1. The zero-order chi connectivity index (χ0) is 29.0. The highest BCUT2D eigenvalue weighted by atomic mass is 32.2. The van der Waals surface area contributed by atoms with Crippen LogP contribution >= 0.6 is 46.6 Å². The van der Waals surface area contributed by atoms with Crippen molar-refractivity contribution in [2.45, 2.75) is 35.0 Å². The Balaban J connectivity index is 1.47. The summed E-state index contributed by atoms with van der Waals surface area (Å²) in [5.41, 5.74) is 16.9. The van der Waals surface area contributed by atoms with Gasteiger partial charge in [-0.2, -0.15) is 11.8 Å². The van der Waals surface area contributed by atoms with Crippen molar-refractivity contribution >= 4 is 81.2 Å². The van der Waals surface area contributed by atoms with Gasteiger partial charge in [-0.15, -0.1) is 23.1 Å². The number of nitrogens with one attached hydrogen (secondary N) is 1. The first kappa shape index (κ1) is 29.5. The summed E-state index contributed by atoms with van der Waals surface area (Å²) in [6.07, 6.45) is 3.34. The Morgan fingerprint density at radius 2 is 2.15 bits per heavy atom. The van der Waals surface area contributed by atoms with E-state index >= 15 is 0 Å². The second-order valence-corrected chi connectivity index (χ2v) is 12.6. The van der Waals surface area contributed by atoms with Crippen LogP contribution in [0.15, 0.2) is 49.5 Å². The van der Waals surface area contributed by atoms with Crippen LogP contribution < -0.4 is 22.5 Å². The van der Waals surface area contributed by atoms with Gasteiger partial charge >= 0.3 is 5.97 Å². The Morgan fingerprint density at radius 1 is 1.38 bits per heavy atom. The third-order valence-electron chi connectivity index (χ3n) is 5.58. The molecule has 1 saturated heterocycles. The molecule has 18 heteroatoms. The Kier molecular flexibility index (Phi) is 9.44. The number of rotatable bonds is 11. The van der Waals surface area contributed by atoms with Crippen molar-refractivity contribution in [3.05, 3.63) is 45.7 Å². The molecule has 2 amide bonds. The summed E-state index contributed by atoms with van der Waals surface area (Å²) in [5, 5.41) is 25.9. The Hall–Kier alpha value is -3.48. The van der Waals surface area contributed by atoms with E-state index in [1.165, 1.54) is 33.8 Å². The molecule has 2 aliphatic rings. The fraction of sp³-hybridized carbons (Fsp3) is 0.318. The number of amides is 2. The van der Waals surface area contributed by atoms with E-state index in [0.717, 1.165) is 21.8 Å². The largest absolute Gasteiger partial charge is 0.477 e. The lowest BCUT2D eigenvalue weighted by molar-refractivity contribution is -0.150. The summed E-state index contributed by atoms with van der Waals surface area (Å²) in [6.45, 7) is 1.90. The van der Waals surface area contributed by atoms with Crippen LogP contribution in [0.1, 0.15) is 18.2 Å². The summed E-state index contributed by atoms with van der Waals surface area (Å²) >= 11 is 5.26. The third-order valence-corrected chi connectivity index (χ3v) is 10.2. The molecule has 212 valence electrons. The molecule has 4 rings (SSSR count). The van der Waals surface area contributed by atoms with Crippen LogP contribution in [-0.4, -0.2) is 83.6 Å². The lowest BCUT2D eigenvalue weighted by Gasteiger charge is -2.49. The van der Waals surface area contributed by atoms with E-state index < -0.39 is 34.9 Å². The maximum Gasteiger partial charge on any atom is 0.353 e. The number of guanidine groups is 1. The first-order valence-electron chi connectivity index (χ1n) is 11.5. The number of carboxylic acid groups (broad SMARTS) is 1. The van der Waals surface area contributed by atoms with E-state index in [1.54, 1.807) is 30.2 Å². The van der Waals surface area contributed by atoms with E-state index in [9.17, 15) is 24.7 Å². The number of anilines is 1. The minimum Gasteiger partial charge on any atom is -0.477 e. The molecule has 40 heavy (non-hydrogen) atoms. The van der Waals surface area contributed by atoms with Gasteiger partial charge in [-0.25, -0.2) is 14.8 Å². The number of aliphatic carboxylic acids is 1. The average molecular weight is 624 g/mol. The number of thiazole rings is 1. The maximum atomic E-state index is 13.1. The van der Waals surface area contributed by atoms with Crippen molar-refractivity contribution in [3.8, 4) is 0 Å². The van der Waals surface area contributed by atoms with E-state index in [1.807, 2.05) is 6.92 Å². The zero-order valence-electron chi connectivity index (χ0n) is 20.9. The van der Waals surface area contributed by atoms with Crippen LogP contribution in [0.5, 0.6) is 0 Å². The molecular formula is C22H25N9O5S4. The normalized spacial score (nSPS) is 19.5. The molecule has 0 spiro atoms. The number of carbonyl (C=O) groups is 3. The number of aromatic nitrogens is 2. The lowest BCUT2D eigenvalue weighted by Crippen LogP contribution is -2.71. The minimum absolute atomic E-state index is 0.0286. The molecule has 3 atom stereocenters. The molecule has 2 aromatic heterocycles. The molecule has 2 aliphatic heterocycles. The van der Waals surface area contributed by atoms with Crippen molar-refractivity contribution in [1.29, 1.82) is 0 Å². The summed E-state index contributed by atoms with van der Waals surface area (Å²) in [7, 11) is 0. The number of β-lactam (4-membered cyclic amide) rings is 1. The number of thioether (sulfide) groups is 3. The number of pyridine rings is 1. The second-order valence-electron chi connectivity index (χ2n) is 8.46. The van der Waals surface area contributed by atoms with Gasteiger partial charge in [0.25, 0.3) is 11.8 Å². The summed E-state index contributed by atoms with van der Waals surface area (Å²) in [6, 6.07) is 0.720. The van der Waals surface area contributed by atoms with E-state index in [0.29, 0.717) is 22.2 Å². The van der Waals surface area contributed by atoms with Crippen molar-refractivity contribution in [3.63, 3.8) is 0 Å². The van der Waals surface area contributed by atoms with Gasteiger partial charge in [0, 0.05) is 44.8 Å². The van der Waals surface area contributed by atoms with Gasteiger partial charge in [0.05, 0.1) is 6.04 Å². The zero-order valence-corrected chi connectivity index (χ0v) is 24.1. The number of fused-ring (bicyclic) bond motifs is 1. The summed E-state index contributed by atoms with van der Waals surface area (Å²) in [4.78, 5) is 52.8. The molecule has 9 N–H and O–H groups in total. The first-order valence-corrected chi connectivity index (χ1v) is 15.4. The van der Waals surface area contributed by atoms with Crippen molar-refractivity contribution in [2.24, 2.45) is 21.6 Å². The van der Waals surface area contributed by atoms with Crippen LogP contribution in [0.3, 0.4) is 0 Å². The number of hydrogen-bond acceptors (Lipinski definition) is 13. The molecule has 1 unspecified atom stereocenters. The van der Waals surface area contributed by atoms with Gasteiger partial charge < -0.3 is 32.8 Å². The number of nitrogen functional groups attached to an aromatic ring is 1. The number of aliphatic imine (C=N–C) groups is 1. The summed E-state index contributed by atoms with van der Waals surface area (Å²) in [5.74, 6) is -1.07. The highest BCUT2D eigenvalue weighted by Crippen LogP contribution is 2.45. The van der Waals surface area contributed by atoms with Crippen molar-refractivity contribution in [1.82, 2.24) is 20.2 Å². The highest BCUT2D eigenvalue weighted by Gasteiger charge is 2.54. The van der Waals surface area contributed by atoms with Crippen LogP contribution in [-0.2, 0) is 20.1 Å². The Bertz CT molecular complexity index is 1410. The molecule has 0 aliphatic carbocycles. The second kappa shape index (κ2) is 12.8. The molecule has 4 heterocycles. The standard InChI is InChI=1S/C22H25N9O5S4/c1-9(27-21(23)24)5-37-6-10-4-26-3-2-12(10)40-13-8-38-19-15(18(33)31(19)16(13)20(34)35)29-17(32)14(30-36)11-7-39-22(25)28-11/h2-4,7,9,15,19,36H,5-6,8H2,1H3,(H2,25,28)(H,29,32)(H,34,35)(H4,23,24,27)/b30-14-/t9?,15-,19-/m1/s1. The third kappa shape index (κ3) is 6.45. The smallest absolute Gasteiger partial charge is 0.353 e. The fourth-order valence-electron chi connectivity index (χ4n) is 3.87. The SMILES string of the molecule is CC(CSCc1cnccc1SC1=C(C(=O)O)N2C(=O)[C@@H](NC(=O)/C(=N\O)c3csc(N)n3)[C@H]2SC1)N=C(N)N. The quantitative estimate of drug-likeness (QED) is 0.0665. The number of carbonyl (C=O) groups excluding carboxylic acids is 2. The lowest BCUT2D eigenvalue weighted by atomic mass is 10.0. The number of nitrogens with two attached hydrogens (primary N) is 3. The van der Waals surface area contributed by atoms with E-state index in [4.69, 9.17) is 17.2 Å². The average Bonchev–Trinajstić information content (AvgIpc) is 3.33. The molecule has 0 bridgehead atoms.